The number of piperidine rings is 1. The molecule has 4 unspecified atom stereocenters. The van der Waals surface area contributed by atoms with Gasteiger partial charge >= 0.3 is 0 Å². The van der Waals surface area contributed by atoms with Crippen LogP contribution in [0.4, 0.5) is 0 Å². The Morgan fingerprint density at radius 2 is 2.31 bits per heavy atom. The molecule has 0 aromatic carbocycles. The van der Waals surface area contributed by atoms with Crippen molar-refractivity contribution >= 4 is 5.91 Å². The summed E-state index contributed by atoms with van der Waals surface area (Å²) in [6.07, 6.45) is 3.69. The molecular weight excluding hydrogens is 204 g/mol. The van der Waals surface area contributed by atoms with Crippen LogP contribution in [0.25, 0.3) is 0 Å². The third kappa shape index (κ3) is 1.32. The van der Waals surface area contributed by atoms with Gasteiger partial charge in [-0.2, -0.15) is 0 Å². The highest BCUT2D eigenvalue weighted by Crippen LogP contribution is 2.41. The lowest BCUT2D eigenvalue weighted by Gasteiger charge is -2.35. The Kier molecular flexibility index (Phi) is 2.27. The predicted octanol–water partition coefficient (Wildman–Crippen LogP) is 0.361. The van der Waals surface area contributed by atoms with Gasteiger partial charge in [0.05, 0.1) is 18.6 Å². The summed E-state index contributed by atoms with van der Waals surface area (Å²) in [6, 6.07) is 0.348. The first-order valence-electron chi connectivity index (χ1n) is 6.25. The molecule has 2 bridgehead atoms. The van der Waals surface area contributed by atoms with Gasteiger partial charge in [0.25, 0.3) is 0 Å². The third-order valence-electron chi connectivity index (χ3n) is 4.68. The van der Waals surface area contributed by atoms with Gasteiger partial charge in [0.15, 0.2) is 0 Å². The minimum Gasteiger partial charge on any atom is -0.379 e. The topological polar surface area (TPSA) is 55.6 Å². The average molecular weight is 224 g/mol. The second-order valence-corrected chi connectivity index (χ2v) is 5.83. The molecule has 3 aliphatic rings. The quantitative estimate of drug-likeness (QED) is 0.699. The fraction of sp³-hybridized carbons (Fsp3) is 0.917. The Morgan fingerprint density at radius 1 is 1.50 bits per heavy atom. The van der Waals surface area contributed by atoms with Crippen molar-refractivity contribution in [1.29, 1.82) is 0 Å². The van der Waals surface area contributed by atoms with Gasteiger partial charge in [0.2, 0.25) is 5.91 Å². The Labute approximate surface area is 96.1 Å². The molecule has 1 aliphatic carbocycles. The number of nitrogens with zero attached hydrogens (tertiary/aromatic N) is 1. The van der Waals surface area contributed by atoms with E-state index in [0.717, 1.165) is 12.5 Å². The monoisotopic (exact) mass is 224 g/mol. The van der Waals surface area contributed by atoms with Gasteiger partial charge in [-0.1, -0.05) is 0 Å². The highest BCUT2D eigenvalue weighted by Gasteiger charge is 2.50. The van der Waals surface area contributed by atoms with E-state index < -0.39 is 5.41 Å². The average Bonchev–Trinajstić information content (AvgIpc) is 2.95. The molecule has 0 radical (unpaired) electrons. The van der Waals surface area contributed by atoms with Crippen molar-refractivity contribution in [2.75, 3.05) is 19.8 Å². The van der Waals surface area contributed by atoms with Crippen LogP contribution < -0.4 is 5.73 Å². The second kappa shape index (κ2) is 3.44. The number of hydrogen-bond acceptors (Lipinski definition) is 3. The molecular formula is C12H20N2O2. The third-order valence-corrected chi connectivity index (χ3v) is 4.68. The van der Waals surface area contributed by atoms with Gasteiger partial charge in [-0.05, 0) is 32.1 Å². The first-order chi connectivity index (χ1) is 7.61. The van der Waals surface area contributed by atoms with Crippen molar-refractivity contribution < 1.29 is 9.53 Å². The number of fused-ring (bicyclic) bond motifs is 2. The van der Waals surface area contributed by atoms with Gasteiger partial charge in [-0.15, -0.1) is 0 Å². The molecule has 3 rings (SSSR count). The van der Waals surface area contributed by atoms with Gasteiger partial charge in [0, 0.05) is 18.6 Å². The number of carbonyl (C=O) groups is 1. The summed E-state index contributed by atoms with van der Waals surface area (Å²) in [5.74, 6) is 0.973. The zero-order valence-electron chi connectivity index (χ0n) is 9.82. The lowest BCUT2D eigenvalue weighted by molar-refractivity contribution is -0.143. The van der Waals surface area contributed by atoms with Crippen molar-refractivity contribution in [3.05, 3.63) is 0 Å². The number of likely N-dealkylation sites (tertiary alicyclic amines) is 1. The van der Waals surface area contributed by atoms with E-state index in [4.69, 9.17) is 10.5 Å². The molecule has 2 aliphatic heterocycles. The lowest BCUT2D eigenvalue weighted by Crippen LogP contribution is -2.53. The molecule has 0 aromatic heterocycles. The van der Waals surface area contributed by atoms with Gasteiger partial charge in [-0.25, -0.2) is 0 Å². The maximum absolute atomic E-state index is 12.5. The van der Waals surface area contributed by atoms with Gasteiger partial charge in [-0.3, -0.25) is 4.79 Å². The maximum atomic E-state index is 12.5. The van der Waals surface area contributed by atoms with E-state index in [1.165, 1.54) is 19.3 Å². The summed E-state index contributed by atoms with van der Waals surface area (Å²) >= 11 is 0. The number of amides is 1. The fourth-order valence-corrected chi connectivity index (χ4v) is 3.41. The van der Waals surface area contributed by atoms with E-state index in [9.17, 15) is 4.79 Å². The highest BCUT2D eigenvalue weighted by molar-refractivity contribution is 5.84. The summed E-state index contributed by atoms with van der Waals surface area (Å²) in [6.45, 7) is 3.91. The van der Waals surface area contributed by atoms with Gasteiger partial charge < -0.3 is 15.4 Å². The molecule has 1 amide bonds. The zero-order chi connectivity index (χ0) is 11.3. The summed E-state index contributed by atoms with van der Waals surface area (Å²) < 4.78 is 5.36. The largest absolute Gasteiger partial charge is 0.379 e. The Balaban J connectivity index is 1.78. The van der Waals surface area contributed by atoms with Crippen LogP contribution in [0.2, 0.25) is 0 Å². The van der Waals surface area contributed by atoms with E-state index in [1.54, 1.807) is 0 Å². The summed E-state index contributed by atoms with van der Waals surface area (Å²) in [5, 5.41) is 0. The molecule has 0 spiro atoms. The first kappa shape index (κ1) is 10.5. The number of ether oxygens (including phenoxy) is 1. The number of hydrogen-bond donors (Lipinski definition) is 1. The Morgan fingerprint density at radius 3 is 2.81 bits per heavy atom. The molecule has 16 heavy (non-hydrogen) atoms. The number of rotatable bonds is 1. The number of carbonyl (C=O) groups excluding carboxylic acids is 1. The van der Waals surface area contributed by atoms with E-state index >= 15 is 0 Å². The minimum atomic E-state index is -0.482. The molecule has 2 heterocycles. The smallest absolute Gasteiger partial charge is 0.232 e. The Bertz CT molecular complexity index is 320. The van der Waals surface area contributed by atoms with E-state index in [2.05, 4.69) is 4.90 Å². The second-order valence-electron chi connectivity index (χ2n) is 5.83. The number of nitrogens with two attached hydrogens (primary N) is 1. The van der Waals surface area contributed by atoms with Crippen molar-refractivity contribution in [2.24, 2.45) is 17.1 Å². The zero-order valence-corrected chi connectivity index (χ0v) is 9.82. The SMILES string of the molecule is CC1(C(=O)N2CC3CCC2C3)COCC1N. The molecule has 2 N–H and O–H groups in total. The molecule has 3 fully saturated rings. The molecule has 1 saturated carbocycles. The normalized spacial score (nSPS) is 46.6. The summed E-state index contributed by atoms with van der Waals surface area (Å²) in [7, 11) is 0. The molecule has 4 nitrogen and oxygen atoms in total. The molecule has 4 heteroatoms. The van der Waals surface area contributed by atoms with Crippen LogP contribution in [-0.4, -0.2) is 42.6 Å². The van der Waals surface area contributed by atoms with Crippen LogP contribution >= 0.6 is 0 Å². The van der Waals surface area contributed by atoms with Crippen LogP contribution in [-0.2, 0) is 9.53 Å². The molecule has 0 aromatic rings. The van der Waals surface area contributed by atoms with Crippen LogP contribution in [0.5, 0.6) is 0 Å². The highest BCUT2D eigenvalue weighted by atomic mass is 16.5. The molecule has 90 valence electrons. The van der Waals surface area contributed by atoms with Crippen molar-refractivity contribution in [3.8, 4) is 0 Å². The van der Waals surface area contributed by atoms with Crippen molar-refractivity contribution in [2.45, 2.75) is 38.3 Å². The summed E-state index contributed by atoms with van der Waals surface area (Å²) in [4.78, 5) is 14.6. The van der Waals surface area contributed by atoms with Crippen LogP contribution in [0, 0.1) is 11.3 Å². The Hall–Kier alpha value is -0.610. The van der Waals surface area contributed by atoms with Crippen molar-refractivity contribution in [1.82, 2.24) is 4.90 Å². The standard InChI is InChI=1S/C12H20N2O2/c1-12(7-16-6-10(12)13)11(15)14-5-8-2-3-9(14)4-8/h8-10H,2-7,13H2,1H3. The summed E-state index contributed by atoms with van der Waals surface area (Å²) in [5.41, 5.74) is 5.53. The fourth-order valence-electron chi connectivity index (χ4n) is 3.41. The molecule has 4 atom stereocenters. The minimum absolute atomic E-state index is 0.140. The van der Waals surface area contributed by atoms with E-state index in [0.29, 0.717) is 19.3 Å². The predicted molar refractivity (Wildman–Crippen MR) is 59.7 cm³/mol. The van der Waals surface area contributed by atoms with Crippen molar-refractivity contribution in [3.63, 3.8) is 0 Å². The van der Waals surface area contributed by atoms with Crippen LogP contribution in [0.1, 0.15) is 26.2 Å². The maximum Gasteiger partial charge on any atom is 0.232 e. The van der Waals surface area contributed by atoms with E-state index in [1.807, 2.05) is 6.92 Å². The van der Waals surface area contributed by atoms with Gasteiger partial charge in [0.1, 0.15) is 0 Å². The van der Waals surface area contributed by atoms with Crippen LogP contribution in [0.3, 0.4) is 0 Å². The lowest BCUT2D eigenvalue weighted by atomic mass is 9.83. The van der Waals surface area contributed by atoms with Crippen LogP contribution in [0.15, 0.2) is 0 Å². The van der Waals surface area contributed by atoms with E-state index in [-0.39, 0.29) is 11.9 Å². The molecule has 2 saturated heterocycles. The first-order valence-corrected chi connectivity index (χ1v) is 6.25.